The Balaban J connectivity index is 2.13. The van der Waals surface area contributed by atoms with Crippen molar-refractivity contribution in [3.05, 3.63) is 34.9 Å². The van der Waals surface area contributed by atoms with E-state index >= 15 is 0 Å². The zero-order chi connectivity index (χ0) is 11.5. The van der Waals surface area contributed by atoms with Crippen molar-refractivity contribution >= 4 is 17.6 Å². The molecule has 2 N–H and O–H groups in total. The van der Waals surface area contributed by atoms with Gasteiger partial charge in [-0.15, -0.1) is 0 Å². The SMILES string of the molecule is O=C(O)C[C@@H]1CCN[C@H]1c1ccc(Cl)cc1. The van der Waals surface area contributed by atoms with Crippen molar-refractivity contribution in [2.75, 3.05) is 6.54 Å². The van der Waals surface area contributed by atoms with Crippen LogP contribution in [0.1, 0.15) is 24.4 Å². The molecule has 1 aliphatic rings. The maximum atomic E-state index is 10.7. The number of halogens is 1. The molecule has 3 nitrogen and oxygen atoms in total. The van der Waals surface area contributed by atoms with Crippen molar-refractivity contribution < 1.29 is 9.90 Å². The number of hydrogen-bond donors (Lipinski definition) is 2. The molecule has 0 unspecified atom stereocenters. The van der Waals surface area contributed by atoms with E-state index in [9.17, 15) is 4.79 Å². The second kappa shape index (κ2) is 4.85. The highest BCUT2D eigenvalue weighted by Crippen LogP contribution is 2.32. The quantitative estimate of drug-likeness (QED) is 0.852. The summed E-state index contributed by atoms with van der Waals surface area (Å²) in [6.45, 7) is 0.880. The minimum atomic E-state index is -0.729. The van der Waals surface area contributed by atoms with Crippen LogP contribution in [0.2, 0.25) is 5.02 Å². The van der Waals surface area contributed by atoms with E-state index in [0.29, 0.717) is 5.02 Å². The summed E-state index contributed by atoms with van der Waals surface area (Å²) < 4.78 is 0. The molecule has 1 aliphatic heterocycles. The van der Waals surface area contributed by atoms with Gasteiger partial charge in [0.1, 0.15) is 0 Å². The minimum Gasteiger partial charge on any atom is -0.481 e. The lowest BCUT2D eigenvalue weighted by molar-refractivity contribution is -0.138. The zero-order valence-electron chi connectivity index (χ0n) is 8.82. The highest BCUT2D eigenvalue weighted by atomic mass is 35.5. The van der Waals surface area contributed by atoms with Gasteiger partial charge in [0.2, 0.25) is 0 Å². The molecule has 0 bridgehead atoms. The molecule has 1 heterocycles. The van der Waals surface area contributed by atoms with E-state index in [4.69, 9.17) is 16.7 Å². The van der Waals surface area contributed by atoms with Crippen LogP contribution >= 0.6 is 11.6 Å². The molecule has 86 valence electrons. The molecule has 0 radical (unpaired) electrons. The van der Waals surface area contributed by atoms with Crippen LogP contribution in [0.4, 0.5) is 0 Å². The van der Waals surface area contributed by atoms with E-state index in [0.717, 1.165) is 18.5 Å². The lowest BCUT2D eigenvalue weighted by atomic mass is 9.91. The highest BCUT2D eigenvalue weighted by molar-refractivity contribution is 6.30. The van der Waals surface area contributed by atoms with Crippen molar-refractivity contribution in [2.45, 2.75) is 18.9 Å². The first-order valence-electron chi connectivity index (χ1n) is 5.37. The van der Waals surface area contributed by atoms with Crippen molar-refractivity contribution in [3.63, 3.8) is 0 Å². The molecule has 16 heavy (non-hydrogen) atoms. The number of carboxylic acids is 1. The molecule has 1 saturated heterocycles. The Labute approximate surface area is 99.4 Å². The van der Waals surface area contributed by atoms with Crippen molar-refractivity contribution in [3.8, 4) is 0 Å². The van der Waals surface area contributed by atoms with Gasteiger partial charge in [-0.05, 0) is 36.6 Å². The van der Waals surface area contributed by atoms with Crippen LogP contribution in [0.15, 0.2) is 24.3 Å². The number of rotatable bonds is 3. The molecule has 1 aromatic rings. The number of benzene rings is 1. The van der Waals surface area contributed by atoms with Crippen LogP contribution in [0.25, 0.3) is 0 Å². The summed E-state index contributed by atoms with van der Waals surface area (Å²) >= 11 is 5.82. The Bertz CT molecular complexity index is 377. The molecular weight excluding hydrogens is 226 g/mol. The van der Waals surface area contributed by atoms with E-state index in [-0.39, 0.29) is 18.4 Å². The number of carboxylic acid groups (broad SMARTS) is 1. The van der Waals surface area contributed by atoms with Gasteiger partial charge in [-0.1, -0.05) is 23.7 Å². The number of nitrogens with one attached hydrogen (secondary N) is 1. The average molecular weight is 240 g/mol. The lowest BCUT2D eigenvalue weighted by Crippen LogP contribution is -2.19. The smallest absolute Gasteiger partial charge is 0.303 e. The highest BCUT2D eigenvalue weighted by Gasteiger charge is 2.29. The first-order chi connectivity index (χ1) is 7.66. The standard InChI is InChI=1S/C12H14ClNO2/c13-10-3-1-8(2-4-10)12-9(5-6-14-12)7-11(15)16/h1-4,9,12,14H,5-7H2,(H,15,16)/t9-,12-/m0/s1. The third-order valence-electron chi connectivity index (χ3n) is 3.02. The fourth-order valence-electron chi connectivity index (χ4n) is 2.26. The number of carbonyl (C=O) groups is 1. The van der Waals surface area contributed by atoms with Gasteiger partial charge in [0, 0.05) is 11.1 Å². The van der Waals surface area contributed by atoms with E-state index < -0.39 is 5.97 Å². The topological polar surface area (TPSA) is 49.3 Å². The molecule has 0 aromatic heterocycles. The normalized spacial score (nSPS) is 24.6. The van der Waals surface area contributed by atoms with Crippen molar-refractivity contribution in [2.24, 2.45) is 5.92 Å². The fraction of sp³-hybridized carbons (Fsp3) is 0.417. The predicted molar refractivity (Wildman–Crippen MR) is 62.6 cm³/mol. The van der Waals surface area contributed by atoms with E-state index in [2.05, 4.69) is 5.32 Å². The third-order valence-corrected chi connectivity index (χ3v) is 3.27. The summed E-state index contributed by atoms with van der Waals surface area (Å²) in [6, 6.07) is 7.75. The minimum absolute atomic E-state index is 0.147. The summed E-state index contributed by atoms with van der Waals surface area (Å²) in [6.07, 6.45) is 1.14. The Kier molecular flexibility index (Phi) is 3.46. The number of hydrogen-bond acceptors (Lipinski definition) is 2. The maximum Gasteiger partial charge on any atom is 0.303 e. The molecule has 0 amide bonds. The monoisotopic (exact) mass is 239 g/mol. The van der Waals surface area contributed by atoms with Gasteiger partial charge in [-0.25, -0.2) is 0 Å². The first kappa shape index (κ1) is 11.4. The van der Waals surface area contributed by atoms with Crippen LogP contribution in [-0.2, 0) is 4.79 Å². The van der Waals surface area contributed by atoms with Gasteiger partial charge in [-0.2, -0.15) is 0 Å². The zero-order valence-corrected chi connectivity index (χ0v) is 9.57. The van der Waals surface area contributed by atoms with Gasteiger partial charge in [0.05, 0.1) is 6.42 Å². The lowest BCUT2D eigenvalue weighted by Gasteiger charge is -2.18. The van der Waals surface area contributed by atoms with E-state index in [1.165, 1.54) is 0 Å². The summed E-state index contributed by atoms with van der Waals surface area (Å²) in [7, 11) is 0. The Hall–Kier alpha value is -1.06. The summed E-state index contributed by atoms with van der Waals surface area (Å²) in [5, 5.41) is 12.9. The van der Waals surface area contributed by atoms with E-state index in [1.54, 1.807) is 0 Å². The second-order valence-corrected chi connectivity index (χ2v) is 4.57. The van der Waals surface area contributed by atoms with Crippen LogP contribution in [0, 0.1) is 5.92 Å². The van der Waals surface area contributed by atoms with Gasteiger partial charge in [0.15, 0.2) is 0 Å². The van der Waals surface area contributed by atoms with Crippen LogP contribution < -0.4 is 5.32 Å². The molecule has 1 fully saturated rings. The largest absolute Gasteiger partial charge is 0.481 e. The number of aliphatic carboxylic acids is 1. The Morgan fingerprint density at radius 1 is 1.44 bits per heavy atom. The molecule has 0 aliphatic carbocycles. The molecule has 4 heteroatoms. The molecular formula is C12H14ClNO2. The molecule has 0 saturated carbocycles. The van der Waals surface area contributed by atoms with Gasteiger partial charge >= 0.3 is 5.97 Å². The Morgan fingerprint density at radius 2 is 2.12 bits per heavy atom. The van der Waals surface area contributed by atoms with Crippen LogP contribution in [0.3, 0.4) is 0 Å². The van der Waals surface area contributed by atoms with Gasteiger partial charge in [-0.3, -0.25) is 4.79 Å². The van der Waals surface area contributed by atoms with E-state index in [1.807, 2.05) is 24.3 Å². The predicted octanol–water partition coefficient (Wildman–Crippen LogP) is 2.47. The van der Waals surface area contributed by atoms with Gasteiger partial charge < -0.3 is 10.4 Å². The van der Waals surface area contributed by atoms with Gasteiger partial charge in [0.25, 0.3) is 0 Å². The first-order valence-corrected chi connectivity index (χ1v) is 5.75. The van der Waals surface area contributed by atoms with Crippen molar-refractivity contribution in [1.29, 1.82) is 0 Å². The summed E-state index contributed by atoms with van der Waals surface area (Å²) in [5.41, 5.74) is 1.12. The Morgan fingerprint density at radius 3 is 2.75 bits per heavy atom. The summed E-state index contributed by atoms with van der Waals surface area (Å²) in [4.78, 5) is 10.7. The summed E-state index contributed by atoms with van der Waals surface area (Å²) in [5.74, 6) is -0.550. The average Bonchev–Trinajstić information content (AvgIpc) is 2.66. The molecule has 2 rings (SSSR count). The molecule has 0 spiro atoms. The van der Waals surface area contributed by atoms with Crippen LogP contribution in [0.5, 0.6) is 0 Å². The van der Waals surface area contributed by atoms with Crippen LogP contribution in [-0.4, -0.2) is 17.6 Å². The second-order valence-electron chi connectivity index (χ2n) is 4.13. The molecule has 2 atom stereocenters. The molecule has 1 aromatic carbocycles. The maximum absolute atomic E-state index is 10.7. The fourth-order valence-corrected chi connectivity index (χ4v) is 2.39. The van der Waals surface area contributed by atoms with Crippen molar-refractivity contribution in [1.82, 2.24) is 5.32 Å². The third kappa shape index (κ3) is 2.54.